The maximum Gasteiger partial charge on any atom is 0.119 e. The first kappa shape index (κ1) is 20.4. The Morgan fingerprint density at radius 2 is 0.905 bits per heavy atom. The van der Waals surface area contributed by atoms with Crippen LogP contribution in [0.1, 0.15) is 110 Å². The number of aldehydes is 1. The zero-order valence-corrected chi connectivity index (χ0v) is 14.5. The summed E-state index contributed by atoms with van der Waals surface area (Å²) in [7, 11) is 0. The molecule has 0 spiro atoms. The van der Waals surface area contributed by atoms with Crippen LogP contribution >= 0.6 is 0 Å². The highest BCUT2D eigenvalue weighted by Crippen LogP contribution is 2.10. The summed E-state index contributed by atoms with van der Waals surface area (Å²) in [6.07, 6.45) is 26.6. The van der Waals surface area contributed by atoms with Crippen molar-refractivity contribution in [3.05, 3.63) is 12.2 Å². The van der Waals surface area contributed by atoms with Gasteiger partial charge >= 0.3 is 0 Å². The highest BCUT2D eigenvalue weighted by molar-refractivity contribution is 5.48. The maximum absolute atomic E-state index is 10.2. The summed E-state index contributed by atoms with van der Waals surface area (Å²) in [4.78, 5) is 10.2. The van der Waals surface area contributed by atoms with Crippen molar-refractivity contribution >= 4 is 6.29 Å². The van der Waals surface area contributed by atoms with Gasteiger partial charge in [-0.1, -0.05) is 83.3 Å². The molecule has 0 aliphatic carbocycles. The SMILES string of the molecule is CCCCCCCCCC/C=C/CCCCCCCC=O. The van der Waals surface area contributed by atoms with Crippen LogP contribution in [0.25, 0.3) is 0 Å². The second-order valence-electron chi connectivity index (χ2n) is 6.25. The predicted octanol–water partition coefficient (Wildman–Crippen LogP) is 7.00. The standard InChI is InChI=1S/C20H38O/c1-2-3-4-5-6-7-8-9-10-11-12-13-14-15-16-17-18-19-20-21/h11-12,20H,2-10,13-19H2,1H3/b12-11+. The second kappa shape index (κ2) is 19.4. The van der Waals surface area contributed by atoms with E-state index in [9.17, 15) is 4.79 Å². The summed E-state index contributed by atoms with van der Waals surface area (Å²) in [6.45, 7) is 2.28. The van der Waals surface area contributed by atoms with Crippen LogP contribution in [0.4, 0.5) is 0 Å². The number of rotatable bonds is 17. The Hall–Kier alpha value is -0.590. The molecule has 0 aliphatic heterocycles. The third-order valence-electron chi connectivity index (χ3n) is 4.08. The number of carbonyl (C=O) groups excluding carboxylic acids is 1. The Labute approximate surface area is 133 Å². The lowest BCUT2D eigenvalue weighted by Gasteiger charge is -2.00. The molecule has 0 unspecified atom stereocenters. The van der Waals surface area contributed by atoms with E-state index in [4.69, 9.17) is 0 Å². The number of carbonyl (C=O) groups is 1. The Balaban J connectivity index is 3.03. The van der Waals surface area contributed by atoms with Gasteiger partial charge in [0.1, 0.15) is 6.29 Å². The van der Waals surface area contributed by atoms with Crippen molar-refractivity contribution in [1.82, 2.24) is 0 Å². The van der Waals surface area contributed by atoms with Crippen LogP contribution in [0.3, 0.4) is 0 Å². The average Bonchev–Trinajstić information content (AvgIpc) is 2.50. The van der Waals surface area contributed by atoms with Gasteiger partial charge < -0.3 is 4.79 Å². The van der Waals surface area contributed by atoms with Gasteiger partial charge in [0.15, 0.2) is 0 Å². The molecule has 0 aromatic heterocycles. The van der Waals surface area contributed by atoms with E-state index in [1.807, 2.05) is 0 Å². The molecule has 0 amide bonds. The molecule has 0 heterocycles. The lowest BCUT2D eigenvalue weighted by molar-refractivity contribution is -0.107. The summed E-state index contributed by atoms with van der Waals surface area (Å²) in [6, 6.07) is 0. The van der Waals surface area contributed by atoms with Crippen molar-refractivity contribution in [1.29, 1.82) is 0 Å². The molecule has 0 bridgehead atoms. The fourth-order valence-corrected chi connectivity index (χ4v) is 2.65. The van der Waals surface area contributed by atoms with Crippen molar-refractivity contribution in [2.45, 2.75) is 110 Å². The molecule has 1 nitrogen and oxygen atoms in total. The Kier molecular flexibility index (Phi) is 18.9. The van der Waals surface area contributed by atoms with Gasteiger partial charge in [-0.15, -0.1) is 0 Å². The normalized spacial score (nSPS) is 11.3. The molecule has 0 aliphatic rings. The third-order valence-corrected chi connectivity index (χ3v) is 4.08. The van der Waals surface area contributed by atoms with Crippen LogP contribution in [-0.2, 0) is 4.79 Å². The van der Waals surface area contributed by atoms with Gasteiger partial charge in [-0.2, -0.15) is 0 Å². The van der Waals surface area contributed by atoms with E-state index in [1.165, 1.54) is 89.9 Å². The van der Waals surface area contributed by atoms with Crippen LogP contribution in [0.2, 0.25) is 0 Å². The van der Waals surface area contributed by atoms with Gasteiger partial charge in [-0.05, 0) is 32.1 Å². The molecule has 21 heavy (non-hydrogen) atoms. The number of unbranched alkanes of at least 4 members (excludes halogenated alkanes) is 14. The molecule has 0 N–H and O–H groups in total. The molecule has 1 heteroatoms. The van der Waals surface area contributed by atoms with E-state index in [1.54, 1.807) is 0 Å². The minimum atomic E-state index is 0.749. The topological polar surface area (TPSA) is 17.1 Å². The highest BCUT2D eigenvalue weighted by Gasteiger charge is 1.91. The second-order valence-corrected chi connectivity index (χ2v) is 6.25. The van der Waals surface area contributed by atoms with E-state index in [0.717, 1.165) is 19.1 Å². The quantitative estimate of drug-likeness (QED) is 0.160. The Morgan fingerprint density at radius 1 is 0.524 bits per heavy atom. The van der Waals surface area contributed by atoms with Crippen molar-refractivity contribution in [2.24, 2.45) is 0 Å². The Bertz CT molecular complexity index is 220. The molecule has 124 valence electrons. The van der Waals surface area contributed by atoms with Crippen molar-refractivity contribution in [3.63, 3.8) is 0 Å². The van der Waals surface area contributed by atoms with E-state index >= 15 is 0 Å². The molecule has 0 aromatic carbocycles. The van der Waals surface area contributed by atoms with Crippen LogP contribution in [0.5, 0.6) is 0 Å². The molecule has 0 fully saturated rings. The third kappa shape index (κ3) is 19.4. The first-order valence-corrected chi connectivity index (χ1v) is 9.50. The molecular weight excluding hydrogens is 256 g/mol. The summed E-state index contributed by atoms with van der Waals surface area (Å²) in [5.74, 6) is 0. The molecular formula is C20H38O. The predicted molar refractivity (Wildman–Crippen MR) is 94.8 cm³/mol. The summed E-state index contributed by atoms with van der Waals surface area (Å²) in [5.41, 5.74) is 0. The lowest BCUT2D eigenvalue weighted by atomic mass is 10.1. The van der Waals surface area contributed by atoms with Crippen LogP contribution in [0, 0.1) is 0 Å². The first-order chi connectivity index (χ1) is 10.4. The van der Waals surface area contributed by atoms with Gasteiger partial charge in [-0.25, -0.2) is 0 Å². The molecule has 0 radical (unpaired) electrons. The van der Waals surface area contributed by atoms with Crippen LogP contribution in [0.15, 0.2) is 12.2 Å². The summed E-state index contributed by atoms with van der Waals surface area (Å²) < 4.78 is 0. The smallest absolute Gasteiger partial charge is 0.119 e. The van der Waals surface area contributed by atoms with Gasteiger partial charge in [0.05, 0.1) is 0 Å². The molecule has 0 saturated heterocycles. The summed E-state index contributed by atoms with van der Waals surface area (Å²) >= 11 is 0. The minimum Gasteiger partial charge on any atom is -0.303 e. The molecule has 0 rings (SSSR count). The Morgan fingerprint density at radius 3 is 1.33 bits per heavy atom. The van der Waals surface area contributed by atoms with Crippen molar-refractivity contribution in [2.75, 3.05) is 0 Å². The first-order valence-electron chi connectivity index (χ1n) is 9.50. The minimum absolute atomic E-state index is 0.749. The zero-order chi connectivity index (χ0) is 15.4. The van der Waals surface area contributed by atoms with Crippen molar-refractivity contribution in [3.8, 4) is 0 Å². The zero-order valence-electron chi connectivity index (χ0n) is 14.5. The fourth-order valence-electron chi connectivity index (χ4n) is 2.65. The maximum atomic E-state index is 10.2. The molecule has 0 saturated carbocycles. The number of hydrogen-bond acceptors (Lipinski definition) is 1. The van der Waals surface area contributed by atoms with E-state index in [2.05, 4.69) is 19.1 Å². The number of hydrogen-bond donors (Lipinski definition) is 0. The lowest BCUT2D eigenvalue weighted by Crippen LogP contribution is -1.81. The van der Waals surface area contributed by atoms with Crippen molar-refractivity contribution < 1.29 is 4.79 Å². The molecule has 0 aromatic rings. The van der Waals surface area contributed by atoms with Crippen LogP contribution in [-0.4, -0.2) is 6.29 Å². The monoisotopic (exact) mass is 294 g/mol. The fraction of sp³-hybridized carbons (Fsp3) is 0.850. The largest absolute Gasteiger partial charge is 0.303 e. The van der Waals surface area contributed by atoms with Gasteiger partial charge in [-0.3, -0.25) is 0 Å². The van der Waals surface area contributed by atoms with Gasteiger partial charge in [0.25, 0.3) is 0 Å². The molecule has 0 atom stereocenters. The van der Waals surface area contributed by atoms with E-state index in [-0.39, 0.29) is 0 Å². The van der Waals surface area contributed by atoms with E-state index < -0.39 is 0 Å². The summed E-state index contributed by atoms with van der Waals surface area (Å²) in [5, 5.41) is 0. The number of allylic oxidation sites excluding steroid dienone is 2. The average molecular weight is 295 g/mol. The van der Waals surface area contributed by atoms with Crippen LogP contribution < -0.4 is 0 Å². The highest BCUT2D eigenvalue weighted by atomic mass is 16.1. The van der Waals surface area contributed by atoms with E-state index in [0.29, 0.717) is 0 Å². The van der Waals surface area contributed by atoms with Gasteiger partial charge in [0.2, 0.25) is 0 Å². The van der Waals surface area contributed by atoms with Gasteiger partial charge in [0, 0.05) is 6.42 Å².